The molecule has 2 N–H and O–H groups in total. The fraction of sp³-hybridized carbons (Fsp3) is 0.500. The van der Waals surface area contributed by atoms with Crippen molar-refractivity contribution in [3.63, 3.8) is 0 Å². The first-order valence-corrected chi connectivity index (χ1v) is 5.48. The predicted molar refractivity (Wildman–Crippen MR) is 58.2 cm³/mol. The van der Waals surface area contributed by atoms with Crippen LogP contribution in [0.2, 0.25) is 0 Å². The van der Waals surface area contributed by atoms with E-state index in [0.29, 0.717) is 19.6 Å². The minimum absolute atomic E-state index is 0.0787. The van der Waals surface area contributed by atoms with E-state index >= 15 is 0 Å². The van der Waals surface area contributed by atoms with Crippen LogP contribution >= 0.6 is 0 Å². The Morgan fingerprint density at radius 3 is 2.62 bits per heavy atom. The summed E-state index contributed by atoms with van der Waals surface area (Å²) in [6, 6.07) is 6.21. The van der Waals surface area contributed by atoms with Gasteiger partial charge in [-0.05, 0) is 12.1 Å². The monoisotopic (exact) mass is 225 g/mol. The van der Waals surface area contributed by atoms with Gasteiger partial charge in [-0.3, -0.25) is 0 Å². The molecular weight excluding hydrogens is 209 g/mol. The Morgan fingerprint density at radius 2 is 2.12 bits per heavy atom. The van der Waals surface area contributed by atoms with Crippen molar-refractivity contribution in [2.75, 3.05) is 13.2 Å². The third kappa shape index (κ3) is 1.96. The SMILES string of the molecule is CCC1(c2ccc(F)cc2)OCC(CN)O1. The fourth-order valence-corrected chi connectivity index (χ4v) is 1.93. The quantitative estimate of drug-likeness (QED) is 0.852. The smallest absolute Gasteiger partial charge is 0.195 e. The minimum Gasteiger partial charge on any atom is -0.343 e. The lowest BCUT2D eigenvalue weighted by atomic mass is 10.0. The molecular formula is C12H16FNO2. The molecule has 0 amide bonds. The van der Waals surface area contributed by atoms with Gasteiger partial charge >= 0.3 is 0 Å². The molecule has 1 fully saturated rings. The third-order valence-corrected chi connectivity index (χ3v) is 2.87. The van der Waals surface area contributed by atoms with Gasteiger partial charge in [-0.15, -0.1) is 0 Å². The lowest BCUT2D eigenvalue weighted by molar-refractivity contribution is -0.177. The second-order valence-electron chi connectivity index (χ2n) is 3.90. The molecule has 88 valence electrons. The summed E-state index contributed by atoms with van der Waals surface area (Å²) in [6.45, 7) is 2.90. The largest absolute Gasteiger partial charge is 0.343 e. The Labute approximate surface area is 94.3 Å². The Morgan fingerprint density at radius 1 is 1.44 bits per heavy atom. The van der Waals surface area contributed by atoms with Crippen LogP contribution < -0.4 is 5.73 Å². The summed E-state index contributed by atoms with van der Waals surface area (Å²) in [5.74, 6) is -1.01. The fourth-order valence-electron chi connectivity index (χ4n) is 1.93. The van der Waals surface area contributed by atoms with Gasteiger partial charge in [-0.1, -0.05) is 19.1 Å². The van der Waals surface area contributed by atoms with E-state index in [0.717, 1.165) is 5.56 Å². The van der Waals surface area contributed by atoms with Crippen molar-refractivity contribution in [2.24, 2.45) is 5.73 Å². The van der Waals surface area contributed by atoms with Crippen LogP contribution in [0.5, 0.6) is 0 Å². The van der Waals surface area contributed by atoms with Gasteiger partial charge in [0.05, 0.1) is 12.7 Å². The highest BCUT2D eigenvalue weighted by Gasteiger charge is 2.41. The van der Waals surface area contributed by atoms with Crippen molar-refractivity contribution in [3.05, 3.63) is 35.6 Å². The van der Waals surface area contributed by atoms with Crippen molar-refractivity contribution in [1.82, 2.24) is 0 Å². The predicted octanol–water partition coefficient (Wildman–Crippen LogP) is 1.76. The van der Waals surface area contributed by atoms with Crippen molar-refractivity contribution in [3.8, 4) is 0 Å². The maximum Gasteiger partial charge on any atom is 0.195 e. The molecule has 4 heteroatoms. The average Bonchev–Trinajstić information content (AvgIpc) is 2.75. The van der Waals surface area contributed by atoms with Gasteiger partial charge < -0.3 is 15.2 Å². The molecule has 0 bridgehead atoms. The summed E-state index contributed by atoms with van der Waals surface area (Å²) in [6.07, 6.45) is 0.597. The molecule has 1 aromatic carbocycles. The highest BCUT2D eigenvalue weighted by Crippen LogP contribution is 2.36. The molecule has 1 saturated heterocycles. The first kappa shape index (κ1) is 11.5. The molecule has 3 nitrogen and oxygen atoms in total. The van der Waals surface area contributed by atoms with Crippen molar-refractivity contribution in [1.29, 1.82) is 0 Å². The number of hydrogen-bond acceptors (Lipinski definition) is 3. The highest BCUT2D eigenvalue weighted by molar-refractivity contribution is 5.22. The van der Waals surface area contributed by atoms with Gasteiger partial charge in [0.1, 0.15) is 5.82 Å². The van der Waals surface area contributed by atoms with Gasteiger partial charge in [0.25, 0.3) is 0 Å². The molecule has 16 heavy (non-hydrogen) atoms. The number of hydrogen-bond donors (Lipinski definition) is 1. The van der Waals surface area contributed by atoms with Crippen molar-refractivity contribution < 1.29 is 13.9 Å². The topological polar surface area (TPSA) is 44.5 Å². The zero-order valence-corrected chi connectivity index (χ0v) is 9.28. The molecule has 1 heterocycles. The van der Waals surface area contributed by atoms with Crippen LogP contribution in [0.3, 0.4) is 0 Å². The summed E-state index contributed by atoms with van der Waals surface area (Å²) in [4.78, 5) is 0. The summed E-state index contributed by atoms with van der Waals surface area (Å²) < 4.78 is 24.3. The molecule has 2 atom stereocenters. The van der Waals surface area contributed by atoms with E-state index in [-0.39, 0.29) is 11.9 Å². The van der Waals surface area contributed by atoms with E-state index in [1.54, 1.807) is 12.1 Å². The van der Waals surface area contributed by atoms with Crippen LogP contribution in [0.15, 0.2) is 24.3 Å². The molecule has 0 spiro atoms. The van der Waals surface area contributed by atoms with E-state index in [9.17, 15) is 4.39 Å². The Balaban J connectivity index is 2.25. The third-order valence-electron chi connectivity index (χ3n) is 2.87. The number of halogens is 1. The number of nitrogens with two attached hydrogens (primary N) is 1. The molecule has 1 aromatic rings. The lowest BCUT2D eigenvalue weighted by Gasteiger charge is -2.27. The van der Waals surface area contributed by atoms with E-state index in [1.165, 1.54) is 12.1 Å². The Kier molecular flexibility index (Phi) is 3.23. The maximum absolute atomic E-state index is 12.8. The molecule has 2 rings (SSSR count). The number of benzene rings is 1. The van der Waals surface area contributed by atoms with Crippen molar-refractivity contribution >= 4 is 0 Å². The maximum atomic E-state index is 12.8. The Hall–Kier alpha value is -0.970. The van der Waals surface area contributed by atoms with Gasteiger partial charge in [-0.25, -0.2) is 4.39 Å². The van der Waals surface area contributed by atoms with Gasteiger partial charge in [0, 0.05) is 18.5 Å². The first-order valence-electron chi connectivity index (χ1n) is 5.48. The lowest BCUT2D eigenvalue weighted by Crippen LogP contribution is -2.29. The zero-order valence-electron chi connectivity index (χ0n) is 9.28. The van der Waals surface area contributed by atoms with E-state index in [1.807, 2.05) is 6.92 Å². The number of ether oxygens (including phenoxy) is 2. The van der Waals surface area contributed by atoms with Crippen LogP contribution in [-0.4, -0.2) is 19.3 Å². The van der Waals surface area contributed by atoms with Crippen LogP contribution in [-0.2, 0) is 15.3 Å². The van der Waals surface area contributed by atoms with Gasteiger partial charge in [0.15, 0.2) is 5.79 Å². The summed E-state index contributed by atoms with van der Waals surface area (Å²) in [7, 11) is 0. The standard InChI is InChI=1S/C12H16FNO2/c1-2-12(15-8-11(7-14)16-12)9-3-5-10(13)6-4-9/h3-6,11H,2,7-8,14H2,1H3. The number of rotatable bonds is 3. The second kappa shape index (κ2) is 4.49. The summed E-state index contributed by atoms with van der Waals surface area (Å²) in [5, 5.41) is 0. The van der Waals surface area contributed by atoms with Crippen LogP contribution in [0, 0.1) is 5.82 Å². The van der Waals surface area contributed by atoms with E-state index < -0.39 is 5.79 Å². The second-order valence-corrected chi connectivity index (χ2v) is 3.90. The molecule has 0 aliphatic carbocycles. The van der Waals surface area contributed by atoms with Gasteiger partial charge in [-0.2, -0.15) is 0 Å². The average molecular weight is 225 g/mol. The minimum atomic E-state index is -0.752. The molecule has 0 radical (unpaired) electrons. The normalized spacial score (nSPS) is 29.6. The molecule has 0 aromatic heterocycles. The van der Waals surface area contributed by atoms with Crippen LogP contribution in [0.4, 0.5) is 4.39 Å². The van der Waals surface area contributed by atoms with E-state index in [4.69, 9.17) is 15.2 Å². The van der Waals surface area contributed by atoms with Crippen LogP contribution in [0.1, 0.15) is 18.9 Å². The van der Waals surface area contributed by atoms with Gasteiger partial charge in [0.2, 0.25) is 0 Å². The first-order chi connectivity index (χ1) is 7.70. The molecule has 1 aliphatic rings. The highest BCUT2D eigenvalue weighted by atomic mass is 19.1. The summed E-state index contributed by atoms with van der Waals surface area (Å²) in [5.41, 5.74) is 6.39. The van der Waals surface area contributed by atoms with Crippen molar-refractivity contribution in [2.45, 2.75) is 25.2 Å². The summed E-state index contributed by atoms with van der Waals surface area (Å²) >= 11 is 0. The van der Waals surface area contributed by atoms with Crippen LogP contribution in [0.25, 0.3) is 0 Å². The Bertz CT molecular complexity index is 355. The zero-order chi connectivity index (χ0) is 11.6. The molecule has 0 saturated carbocycles. The molecule has 1 aliphatic heterocycles. The van der Waals surface area contributed by atoms with E-state index in [2.05, 4.69) is 0 Å². The molecule has 2 unspecified atom stereocenters.